The van der Waals surface area contributed by atoms with Gasteiger partial charge in [-0.05, 0) is 118 Å². The summed E-state index contributed by atoms with van der Waals surface area (Å²) < 4.78 is 56.8. The van der Waals surface area contributed by atoms with Gasteiger partial charge in [-0.3, -0.25) is 9.52 Å². The van der Waals surface area contributed by atoms with Crippen LogP contribution in [-0.4, -0.2) is 115 Å². The van der Waals surface area contributed by atoms with Crippen LogP contribution in [0.5, 0.6) is 0 Å². The van der Waals surface area contributed by atoms with Crippen molar-refractivity contribution in [3.63, 3.8) is 0 Å². The number of sulfonamides is 1. The van der Waals surface area contributed by atoms with Gasteiger partial charge in [-0.15, -0.1) is 0 Å². The summed E-state index contributed by atoms with van der Waals surface area (Å²) in [5.41, 5.74) is 7.79. The molecule has 8 rings (SSSR count). The molecular weight excluding hydrogens is 830 g/mol. The number of likely N-dealkylation sites (N-methyl/N-ethyl adjacent to an activating group) is 1. The molecule has 1 aromatic heterocycles. The zero-order valence-electron chi connectivity index (χ0n) is 35.0. The molecule has 0 bridgehead atoms. The fraction of sp³-hybridized carbons (Fsp3) is 0.370. The molecule has 3 fully saturated rings. The standard InChI is InChI=1S/C46H54ClN7O5S2/c1-33-43(46(55)48-21-6-22-52-25-23-50(2)24-26-52)44(45(51(33)3)34-11-13-36(47)14-12-34)35-7-4-8-39(31-35)54-29-27-53(28-30-54)38-17-15-37(16-18-38)49-61(58,59)42-10-5-9-41(32-42)60(56,57)40-19-20-40/h4-5,7-18,31-32,40,49H,6,19-30H2,1-3H3,(H,48,55). The number of carbonyl (C=O) groups excluding carboxylic acids is 1. The van der Waals surface area contributed by atoms with Crippen LogP contribution in [0.15, 0.2) is 107 Å². The number of rotatable bonds is 14. The van der Waals surface area contributed by atoms with Crippen LogP contribution in [0.4, 0.5) is 17.1 Å². The molecule has 0 radical (unpaired) electrons. The minimum absolute atomic E-state index is 0.0343. The van der Waals surface area contributed by atoms with Gasteiger partial charge in [0.15, 0.2) is 9.84 Å². The van der Waals surface area contributed by atoms with Crippen LogP contribution in [-0.2, 0) is 26.9 Å². The number of nitrogens with one attached hydrogen (secondary N) is 2. The van der Waals surface area contributed by atoms with Crippen molar-refractivity contribution in [2.75, 3.05) is 87.0 Å². The van der Waals surface area contributed by atoms with E-state index in [0.717, 1.165) is 105 Å². The van der Waals surface area contributed by atoms with E-state index in [0.29, 0.717) is 35.7 Å². The van der Waals surface area contributed by atoms with Crippen molar-refractivity contribution in [1.29, 1.82) is 0 Å². The molecule has 0 unspecified atom stereocenters. The molecule has 0 atom stereocenters. The molecule has 2 saturated heterocycles. The highest BCUT2D eigenvalue weighted by Gasteiger charge is 2.37. The van der Waals surface area contributed by atoms with Crippen LogP contribution in [0.1, 0.15) is 35.3 Å². The van der Waals surface area contributed by atoms with Crippen molar-refractivity contribution in [3.05, 3.63) is 113 Å². The molecule has 322 valence electrons. The van der Waals surface area contributed by atoms with Crippen LogP contribution in [0.25, 0.3) is 22.4 Å². The number of benzene rings is 4. The van der Waals surface area contributed by atoms with Crippen LogP contribution >= 0.6 is 11.6 Å². The van der Waals surface area contributed by atoms with Gasteiger partial charge >= 0.3 is 0 Å². The molecule has 1 saturated carbocycles. The summed E-state index contributed by atoms with van der Waals surface area (Å²) in [6.07, 6.45) is 2.09. The fourth-order valence-corrected chi connectivity index (χ4v) is 11.4. The van der Waals surface area contributed by atoms with Crippen LogP contribution in [0.3, 0.4) is 0 Å². The van der Waals surface area contributed by atoms with Gasteiger partial charge in [0, 0.05) is 99.3 Å². The smallest absolute Gasteiger partial charge is 0.261 e. The Bertz CT molecular complexity index is 2600. The average molecular weight is 885 g/mol. The van der Waals surface area contributed by atoms with E-state index in [2.05, 4.69) is 65.5 Å². The Hall–Kier alpha value is -4.86. The molecule has 1 aliphatic carbocycles. The van der Waals surface area contributed by atoms with E-state index in [9.17, 15) is 21.6 Å². The number of sulfone groups is 1. The predicted molar refractivity (Wildman–Crippen MR) is 245 cm³/mol. The molecule has 15 heteroatoms. The second kappa shape index (κ2) is 17.9. The Morgan fingerprint density at radius 3 is 2.03 bits per heavy atom. The molecule has 3 heterocycles. The Balaban J connectivity index is 0.954. The number of amides is 1. The van der Waals surface area contributed by atoms with Gasteiger partial charge in [-0.25, -0.2) is 16.8 Å². The number of piperazine rings is 2. The molecule has 2 N–H and O–H groups in total. The van der Waals surface area contributed by atoms with E-state index in [1.54, 1.807) is 12.1 Å². The quantitative estimate of drug-likeness (QED) is 0.117. The van der Waals surface area contributed by atoms with Gasteiger partial charge < -0.3 is 29.5 Å². The summed E-state index contributed by atoms with van der Waals surface area (Å²) >= 11 is 6.32. The van der Waals surface area contributed by atoms with Gasteiger partial charge in [0.1, 0.15) is 0 Å². The van der Waals surface area contributed by atoms with Crippen LogP contribution in [0.2, 0.25) is 5.02 Å². The number of carbonyl (C=O) groups is 1. The maximum atomic E-state index is 14.1. The third-order valence-electron chi connectivity index (χ3n) is 12.2. The minimum Gasteiger partial charge on any atom is -0.368 e. The first-order chi connectivity index (χ1) is 29.3. The van der Waals surface area contributed by atoms with Crippen molar-refractivity contribution in [2.24, 2.45) is 7.05 Å². The van der Waals surface area contributed by atoms with Gasteiger partial charge in [-0.2, -0.15) is 0 Å². The lowest BCUT2D eigenvalue weighted by molar-refractivity contribution is 0.0949. The van der Waals surface area contributed by atoms with Crippen molar-refractivity contribution < 1.29 is 21.6 Å². The minimum atomic E-state index is -4.01. The number of hydrogen-bond acceptors (Lipinski definition) is 9. The highest BCUT2D eigenvalue weighted by molar-refractivity contribution is 7.93. The van der Waals surface area contributed by atoms with E-state index >= 15 is 0 Å². The second-order valence-electron chi connectivity index (χ2n) is 16.4. The lowest BCUT2D eigenvalue weighted by Gasteiger charge is -2.37. The molecule has 12 nitrogen and oxygen atoms in total. The summed E-state index contributed by atoms with van der Waals surface area (Å²) in [6.45, 7) is 10.8. The van der Waals surface area contributed by atoms with Crippen LogP contribution < -0.4 is 19.8 Å². The molecule has 1 amide bonds. The Kier molecular flexibility index (Phi) is 12.5. The van der Waals surface area contributed by atoms with E-state index < -0.39 is 25.1 Å². The van der Waals surface area contributed by atoms with E-state index in [4.69, 9.17) is 11.6 Å². The molecule has 3 aliphatic rings. The molecule has 2 aliphatic heterocycles. The molecule has 61 heavy (non-hydrogen) atoms. The van der Waals surface area contributed by atoms with E-state index in [1.165, 1.54) is 24.3 Å². The predicted octanol–water partition coefficient (Wildman–Crippen LogP) is 6.75. The highest BCUT2D eigenvalue weighted by atomic mass is 35.5. The van der Waals surface area contributed by atoms with Crippen molar-refractivity contribution >= 4 is 54.4 Å². The number of aromatic nitrogens is 1. The van der Waals surface area contributed by atoms with Gasteiger partial charge in [0.2, 0.25) is 0 Å². The van der Waals surface area contributed by atoms with Gasteiger partial charge in [0.25, 0.3) is 15.9 Å². The van der Waals surface area contributed by atoms with Crippen molar-refractivity contribution in [2.45, 2.75) is 41.2 Å². The lowest BCUT2D eigenvalue weighted by Crippen LogP contribution is -2.46. The summed E-state index contributed by atoms with van der Waals surface area (Å²) in [7, 11) is -3.36. The third-order valence-corrected chi connectivity index (χ3v) is 16.1. The molecule has 4 aromatic carbocycles. The first kappa shape index (κ1) is 42.8. The summed E-state index contributed by atoms with van der Waals surface area (Å²) in [5, 5.41) is 3.48. The van der Waals surface area contributed by atoms with Gasteiger partial charge in [-0.1, -0.05) is 41.9 Å². The van der Waals surface area contributed by atoms with E-state index in [1.807, 2.05) is 50.4 Å². The maximum absolute atomic E-state index is 14.1. The number of anilines is 3. The monoisotopic (exact) mass is 883 g/mol. The highest BCUT2D eigenvalue weighted by Crippen LogP contribution is 2.41. The number of halogens is 1. The van der Waals surface area contributed by atoms with Crippen LogP contribution in [0, 0.1) is 6.92 Å². The van der Waals surface area contributed by atoms with Crippen molar-refractivity contribution in [3.8, 4) is 22.4 Å². The molecule has 0 spiro atoms. The van der Waals surface area contributed by atoms with Crippen molar-refractivity contribution in [1.82, 2.24) is 19.7 Å². The summed E-state index contributed by atoms with van der Waals surface area (Å²) in [5.74, 6) is -0.0759. The van der Waals surface area contributed by atoms with E-state index in [-0.39, 0.29) is 15.7 Å². The zero-order chi connectivity index (χ0) is 42.9. The lowest BCUT2D eigenvalue weighted by atomic mass is 9.95. The topological polar surface area (TPSA) is 127 Å². The Labute approximate surface area is 365 Å². The SMILES string of the molecule is Cc1c(C(=O)NCCCN2CCN(C)CC2)c(-c2cccc(N3CCN(c4ccc(NS(=O)(=O)c5cccc(S(=O)(=O)C6CC6)c5)cc4)CC3)c2)c(-c2ccc(Cl)cc2)n1C. The van der Waals surface area contributed by atoms with Gasteiger partial charge in [0.05, 0.1) is 26.3 Å². The maximum Gasteiger partial charge on any atom is 0.261 e. The Morgan fingerprint density at radius 2 is 1.36 bits per heavy atom. The summed E-state index contributed by atoms with van der Waals surface area (Å²) in [4.78, 5) is 23.5. The zero-order valence-corrected chi connectivity index (χ0v) is 37.4. The molecular formula is C46H54ClN7O5S2. The third kappa shape index (κ3) is 9.48. The number of nitrogens with zero attached hydrogens (tertiary/aromatic N) is 5. The fourth-order valence-electron chi connectivity index (χ4n) is 8.40. The first-order valence-corrected chi connectivity index (χ1v) is 24.4. The summed E-state index contributed by atoms with van der Waals surface area (Å²) in [6, 6.07) is 29.1. The average Bonchev–Trinajstić information content (AvgIpc) is 4.10. The second-order valence-corrected chi connectivity index (χ2v) is 20.7. The normalized spacial score (nSPS) is 16.8. The number of hydrogen-bond donors (Lipinski definition) is 2. The largest absolute Gasteiger partial charge is 0.368 e. The Morgan fingerprint density at radius 1 is 0.721 bits per heavy atom. The molecule has 5 aromatic rings. The first-order valence-electron chi connectivity index (χ1n) is 21.0.